The van der Waals surface area contributed by atoms with Crippen LogP contribution in [0.1, 0.15) is 31.2 Å². The molecule has 0 fully saturated rings. The number of nitrogen functional groups attached to an aromatic ring is 1. The fourth-order valence-corrected chi connectivity index (χ4v) is 1.58. The molecule has 0 aliphatic heterocycles. The molecule has 1 atom stereocenters. The summed E-state index contributed by atoms with van der Waals surface area (Å²) in [5.74, 6) is 0.422. The molecule has 78 valence electrons. The third-order valence-corrected chi connectivity index (χ3v) is 2.50. The average Bonchev–Trinajstić information content (AvgIpc) is 2.19. The van der Waals surface area contributed by atoms with Crippen molar-refractivity contribution in [3.8, 4) is 5.75 Å². The molecule has 0 amide bonds. The van der Waals surface area contributed by atoms with Crippen LogP contribution in [0.3, 0.4) is 0 Å². The molecule has 1 unspecified atom stereocenters. The highest BCUT2D eigenvalue weighted by Crippen LogP contribution is 2.29. The van der Waals surface area contributed by atoms with Crippen molar-refractivity contribution in [3.63, 3.8) is 0 Å². The lowest BCUT2D eigenvalue weighted by Gasteiger charge is -2.14. The van der Waals surface area contributed by atoms with Crippen molar-refractivity contribution in [2.45, 2.75) is 25.7 Å². The Morgan fingerprint density at radius 3 is 2.64 bits per heavy atom. The number of aromatic hydroxyl groups is 1. The molecule has 0 aliphatic carbocycles. The van der Waals surface area contributed by atoms with Gasteiger partial charge in [0.2, 0.25) is 0 Å². The van der Waals surface area contributed by atoms with Gasteiger partial charge in [-0.3, -0.25) is 0 Å². The molecule has 14 heavy (non-hydrogen) atoms. The van der Waals surface area contributed by atoms with Crippen LogP contribution in [-0.4, -0.2) is 16.8 Å². The van der Waals surface area contributed by atoms with E-state index in [-0.39, 0.29) is 12.4 Å². The van der Waals surface area contributed by atoms with Gasteiger partial charge in [-0.2, -0.15) is 0 Å². The standard InChI is InChI=1S/C11H17NO2/c1-2-8(5-6-13)9-3-4-10(12)11(14)7-9/h3-4,7-8,13-14H,2,5-6,12H2,1H3. The molecule has 0 saturated heterocycles. The molecule has 1 aromatic rings. The summed E-state index contributed by atoms with van der Waals surface area (Å²) in [5.41, 5.74) is 6.94. The molecule has 0 heterocycles. The van der Waals surface area contributed by atoms with Gasteiger partial charge in [0.05, 0.1) is 5.69 Å². The van der Waals surface area contributed by atoms with Crippen LogP contribution in [0.5, 0.6) is 5.75 Å². The maximum absolute atomic E-state index is 9.43. The summed E-state index contributed by atoms with van der Waals surface area (Å²) in [4.78, 5) is 0. The van der Waals surface area contributed by atoms with Gasteiger partial charge in [-0.05, 0) is 36.5 Å². The first-order valence-corrected chi connectivity index (χ1v) is 4.88. The Morgan fingerprint density at radius 2 is 2.14 bits per heavy atom. The minimum absolute atomic E-state index is 0.124. The third-order valence-electron chi connectivity index (χ3n) is 2.50. The van der Waals surface area contributed by atoms with Gasteiger partial charge in [-0.15, -0.1) is 0 Å². The van der Waals surface area contributed by atoms with Crippen molar-refractivity contribution < 1.29 is 10.2 Å². The van der Waals surface area contributed by atoms with E-state index in [0.717, 1.165) is 18.4 Å². The first-order valence-electron chi connectivity index (χ1n) is 4.88. The van der Waals surface area contributed by atoms with E-state index in [9.17, 15) is 5.11 Å². The lowest BCUT2D eigenvalue weighted by atomic mass is 9.93. The van der Waals surface area contributed by atoms with Crippen LogP contribution in [-0.2, 0) is 0 Å². The second kappa shape index (κ2) is 4.86. The predicted molar refractivity (Wildman–Crippen MR) is 57.3 cm³/mol. The van der Waals surface area contributed by atoms with E-state index in [4.69, 9.17) is 10.8 Å². The molecule has 0 spiro atoms. The van der Waals surface area contributed by atoms with Crippen molar-refractivity contribution in [2.24, 2.45) is 0 Å². The molecule has 1 rings (SSSR count). The van der Waals surface area contributed by atoms with E-state index in [1.165, 1.54) is 0 Å². The van der Waals surface area contributed by atoms with Crippen LogP contribution in [0.25, 0.3) is 0 Å². The number of phenols is 1. The first kappa shape index (κ1) is 10.9. The van der Waals surface area contributed by atoms with E-state index < -0.39 is 0 Å². The number of aliphatic hydroxyl groups is 1. The van der Waals surface area contributed by atoms with Gasteiger partial charge in [0.15, 0.2) is 0 Å². The highest BCUT2D eigenvalue weighted by Gasteiger charge is 2.10. The van der Waals surface area contributed by atoms with E-state index in [1.807, 2.05) is 6.07 Å². The second-order valence-corrected chi connectivity index (χ2v) is 3.44. The van der Waals surface area contributed by atoms with Gasteiger partial charge >= 0.3 is 0 Å². The number of anilines is 1. The van der Waals surface area contributed by atoms with Crippen molar-refractivity contribution >= 4 is 5.69 Å². The minimum Gasteiger partial charge on any atom is -0.506 e. The molecule has 0 aliphatic rings. The normalized spacial score (nSPS) is 12.7. The summed E-state index contributed by atoms with van der Waals surface area (Å²) < 4.78 is 0. The second-order valence-electron chi connectivity index (χ2n) is 3.44. The van der Waals surface area contributed by atoms with Crippen LogP contribution in [0, 0.1) is 0 Å². The highest BCUT2D eigenvalue weighted by molar-refractivity contribution is 5.53. The summed E-state index contributed by atoms with van der Waals surface area (Å²) in [5, 5.41) is 18.3. The van der Waals surface area contributed by atoms with Gasteiger partial charge in [-0.1, -0.05) is 13.0 Å². The molecule has 0 radical (unpaired) electrons. The molecule has 0 bridgehead atoms. The summed E-state index contributed by atoms with van der Waals surface area (Å²) in [7, 11) is 0. The number of aliphatic hydroxyl groups excluding tert-OH is 1. The van der Waals surface area contributed by atoms with E-state index >= 15 is 0 Å². The summed E-state index contributed by atoms with van der Waals surface area (Å²) in [6.45, 7) is 2.23. The van der Waals surface area contributed by atoms with Crippen molar-refractivity contribution in [1.29, 1.82) is 0 Å². The van der Waals surface area contributed by atoms with Gasteiger partial charge < -0.3 is 15.9 Å². The Hall–Kier alpha value is -1.22. The SMILES string of the molecule is CCC(CCO)c1ccc(N)c(O)c1. The molecule has 0 aromatic heterocycles. The number of phenolic OH excluding ortho intramolecular Hbond substituents is 1. The number of rotatable bonds is 4. The molecular formula is C11H17NO2. The fraction of sp³-hybridized carbons (Fsp3) is 0.455. The average molecular weight is 195 g/mol. The summed E-state index contributed by atoms with van der Waals surface area (Å²) >= 11 is 0. The van der Waals surface area contributed by atoms with Crippen LogP contribution >= 0.6 is 0 Å². The van der Waals surface area contributed by atoms with Crippen molar-refractivity contribution in [1.82, 2.24) is 0 Å². The topological polar surface area (TPSA) is 66.5 Å². The smallest absolute Gasteiger partial charge is 0.138 e. The number of nitrogens with two attached hydrogens (primary N) is 1. The van der Waals surface area contributed by atoms with E-state index in [0.29, 0.717) is 11.6 Å². The zero-order valence-electron chi connectivity index (χ0n) is 8.40. The number of hydrogen-bond acceptors (Lipinski definition) is 3. The van der Waals surface area contributed by atoms with Gasteiger partial charge in [0.1, 0.15) is 5.75 Å². The Kier molecular flexibility index (Phi) is 3.77. The Balaban J connectivity index is 2.88. The molecule has 3 heteroatoms. The zero-order valence-corrected chi connectivity index (χ0v) is 8.40. The molecule has 1 aromatic carbocycles. The third kappa shape index (κ3) is 2.39. The molecule has 0 saturated carbocycles. The summed E-state index contributed by atoms with van der Waals surface area (Å²) in [6.07, 6.45) is 1.67. The maximum atomic E-state index is 9.43. The predicted octanol–water partition coefficient (Wildman–Crippen LogP) is 1.85. The quantitative estimate of drug-likeness (QED) is 0.507. The van der Waals surface area contributed by atoms with Crippen molar-refractivity contribution in [2.75, 3.05) is 12.3 Å². The van der Waals surface area contributed by atoms with Gasteiger partial charge in [0.25, 0.3) is 0 Å². The van der Waals surface area contributed by atoms with E-state index in [2.05, 4.69) is 6.92 Å². The van der Waals surface area contributed by atoms with Crippen LogP contribution in [0.2, 0.25) is 0 Å². The molecular weight excluding hydrogens is 178 g/mol. The van der Waals surface area contributed by atoms with Crippen molar-refractivity contribution in [3.05, 3.63) is 23.8 Å². The fourth-order valence-electron chi connectivity index (χ4n) is 1.58. The van der Waals surface area contributed by atoms with Crippen LogP contribution < -0.4 is 5.73 Å². The lowest BCUT2D eigenvalue weighted by molar-refractivity contribution is 0.274. The molecule has 3 nitrogen and oxygen atoms in total. The Bertz CT molecular complexity index is 299. The monoisotopic (exact) mass is 195 g/mol. The minimum atomic E-state index is 0.124. The van der Waals surface area contributed by atoms with Crippen LogP contribution in [0.15, 0.2) is 18.2 Å². The lowest BCUT2D eigenvalue weighted by Crippen LogP contribution is -2.00. The first-order chi connectivity index (χ1) is 6.69. The van der Waals surface area contributed by atoms with E-state index in [1.54, 1.807) is 12.1 Å². The molecule has 4 N–H and O–H groups in total. The van der Waals surface area contributed by atoms with Gasteiger partial charge in [-0.25, -0.2) is 0 Å². The Labute approximate surface area is 84.2 Å². The Morgan fingerprint density at radius 1 is 1.43 bits per heavy atom. The zero-order chi connectivity index (χ0) is 10.6. The summed E-state index contributed by atoms with van der Waals surface area (Å²) in [6, 6.07) is 5.28. The number of hydrogen-bond donors (Lipinski definition) is 3. The number of benzene rings is 1. The largest absolute Gasteiger partial charge is 0.506 e. The van der Waals surface area contributed by atoms with Crippen LogP contribution in [0.4, 0.5) is 5.69 Å². The van der Waals surface area contributed by atoms with Gasteiger partial charge in [0, 0.05) is 6.61 Å². The highest BCUT2D eigenvalue weighted by atomic mass is 16.3. The maximum Gasteiger partial charge on any atom is 0.138 e.